The predicted octanol–water partition coefficient (Wildman–Crippen LogP) is 13.6. The number of nitrogens with zero attached hydrogens (tertiary/aromatic N) is 1. The Labute approximate surface area is 306 Å². The molecule has 0 N–H and O–H groups in total. The van der Waals surface area contributed by atoms with Gasteiger partial charge < -0.3 is 9.32 Å². The molecule has 2 nitrogen and oxygen atoms in total. The molecule has 4 bridgehead atoms. The maximum Gasteiger partial charge on any atom is 0.159 e. The van der Waals surface area contributed by atoms with Gasteiger partial charge in [-0.1, -0.05) is 100 Å². The lowest BCUT2D eigenvalue weighted by Crippen LogP contribution is -2.57. The zero-order valence-electron chi connectivity index (χ0n) is 30.3. The van der Waals surface area contributed by atoms with Crippen LogP contribution < -0.4 is 4.90 Å². The van der Waals surface area contributed by atoms with Crippen LogP contribution in [0, 0.1) is 23.7 Å². The Bertz CT molecular complexity index is 2370. The van der Waals surface area contributed by atoms with E-state index in [9.17, 15) is 0 Å². The van der Waals surface area contributed by atoms with Crippen molar-refractivity contribution in [2.45, 2.75) is 98.7 Å². The highest BCUT2D eigenvalue weighted by Gasteiger charge is 2.60. The lowest BCUT2D eigenvalue weighted by Gasteiger charge is -2.63. The molecule has 12 rings (SSSR count). The van der Waals surface area contributed by atoms with Gasteiger partial charge in [0, 0.05) is 31.7 Å². The summed E-state index contributed by atoms with van der Waals surface area (Å²) in [7, 11) is 0. The van der Waals surface area contributed by atoms with Crippen molar-refractivity contribution >= 4 is 50.8 Å². The van der Waals surface area contributed by atoms with E-state index in [1.807, 2.05) is 11.8 Å². The third-order valence-corrected chi connectivity index (χ3v) is 15.5. The molecule has 0 amide bonds. The molecule has 0 radical (unpaired) electrons. The van der Waals surface area contributed by atoms with Crippen LogP contribution in [0.1, 0.15) is 94.9 Å². The summed E-state index contributed by atoms with van der Waals surface area (Å²) in [5.74, 6) is 3.24. The highest BCUT2D eigenvalue weighted by molar-refractivity contribution is 7.99. The van der Waals surface area contributed by atoms with Gasteiger partial charge in [0.05, 0.1) is 11.4 Å². The molecule has 5 aromatic carbocycles. The number of anilines is 3. The summed E-state index contributed by atoms with van der Waals surface area (Å²) in [6, 6.07) is 39.5. The number of furan rings is 1. The number of hydrogen-bond donors (Lipinski definition) is 0. The molecule has 5 aliphatic carbocycles. The van der Waals surface area contributed by atoms with Gasteiger partial charge in [0.15, 0.2) is 5.58 Å². The maximum absolute atomic E-state index is 6.84. The van der Waals surface area contributed by atoms with Gasteiger partial charge in [-0.05, 0) is 144 Å². The summed E-state index contributed by atoms with van der Waals surface area (Å²) in [5.41, 5.74) is 12.0. The third kappa shape index (κ3) is 4.19. The third-order valence-electron chi connectivity index (χ3n) is 14.3. The fourth-order valence-corrected chi connectivity index (χ4v) is 13.4. The second-order valence-corrected chi connectivity index (χ2v) is 19.1. The summed E-state index contributed by atoms with van der Waals surface area (Å²) >= 11 is 2.00. The molecular weight excluding hydrogens is 639 g/mol. The van der Waals surface area contributed by atoms with Crippen molar-refractivity contribution < 1.29 is 4.42 Å². The molecule has 6 aromatic rings. The molecule has 3 heteroatoms. The average Bonchev–Trinajstić information content (AvgIpc) is 3.51. The average molecular weight is 686 g/mol. The first-order valence-electron chi connectivity index (χ1n) is 19.5. The van der Waals surface area contributed by atoms with Crippen LogP contribution >= 0.6 is 11.8 Å². The number of rotatable bonds is 3. The predicted molar refractivity (Wildman–Crippen MR) is 212 cm³/mol. The van der Waals surface area contributed by atoms with Crippen LogP contribution in [0.3, 0.4) is 0 Å². The van der Waals surface area contributed by atoms with Crippen LogP contribution in [0.15, 0.2) is 117 Å². The minimum absolute atomic E-state index is 0.0348. The standard InChI is InChI=1S/C48H47NOS/c1-46(2)21-22-47(3,4)44-37(46)14-10-15-39(44)49(40-16-9-12-35-34-11-5-7-17-41(34)50-45(35)40)33-19-20-43-38(28-33)48(36-13-6-8-18-42(36)51-43)31-24-29-23-30(26-31)27-32(48)25-29/h5-20,28-32H,21-27H2,1-4H3. The first-order valence-corrected chi connectivity index (χ1v) is 20.3. The van der Waals surface area contributed by atoms with Crippen molar-refractivity contribution in [3.05, 3.63) is 125 Å². The van der Waals surface area contributed by atoms with Crippen LogP contribution in [0.4, 0.5) is 17.1 Å². The summed E-state index contributed by atoms with van der Waals surface area (Å²) in [4.78, 5) is 5.54. The lowest BCUT2D eigenvalue weighted by atomic mass is 9.42. The van der Waals surface area contributed by atoms with E-state index in [0.29, 0.717) is 11.8 Å². The van der Waals surface area contributed by atoms with Crippen molar-refractivity contribution in [3.8, 4) is 0 Å². The molecule has 1 aromatic heterocycles. The molecule has 0 atom stereocenters. The first-order chi connectivity index (χ1) is 24.7. The molecule has 51 heavy (non-hydrogen) atoms. The van der Waals surface area contributed by atoms with E-state index in [-0.39, 0.29) is 16.2 Å². The van der Waals surface area contributed by atoms with Crippen LogP contribution in [0.25, 0.3) is 21.9 Å². The first kappa shape index (κ1) is 30.7. The maximum atomic E-state index is 6.84. The Hall–Kier alpha value is -3.95. The van der Waals surface area contributed by atoms with E-state index in [1.54, 1.807) is 11.1 Å². The van der Waals surface area contributed by atoms with Gasteiger partial charge in [0.2, 0.25) is 0 Å². The van der Waals surface area contributed by atoms with Gasteiger partial charge in [-0.3, -0.25) is 0 Å². The van der Waals surface area contributed by atoms with E-state index in [2.05, 4.69) is 136 Å². The zero-order valence-corrected chi connectivity index (χ0v) is 31.2. The monoisotopic (exact) mass is 685 g/mol. The Morgan fingerprint density at radius 3 is 2.06 bits per heavy atom. The topological polar surface area (TPSA) is 16.4 Å². The second kappa shape index (κ2) is 10.6. The van der Waals surface area contributed by atoms with E-state index in [1.165, 1.54) is 88.0 Å². The highest BCUT2D eigenvalue weighted by atomic mass is 32.2. The molecule has 256 valence electrons. The van der Waals surface area contributed by atoms with E-state index in [0.717, 1.165) is 28.7 Å². The molecule has 1 spiro atoms. The van der Waals surface area contributed by atoms with Crippen LogP contribution in [-0.2, 0) is 16.2 Å². The number of para-hydroxylation sites is 2. The van der Waals surface area contributed by atoms with Gasteiger partial charge in [-0.2, -0.15) is 0 Å². The highest BCUT2D eigenvalue weighted by Crippen LogP contribution is 2.69. The number of benzene rings is 5. The minimum atomic E-state index is 0.0348. The molecule has 6 aliphatic rings. The summed E-state index contributed by atoms with van der Waals surface area (Å²) in [6.07, 6.45) is 9.35. The van der Waals surface area contributed by atoms with Crippen molar-refractivity contribution in [1.82, 2.24) is 0 Å². The molecule has 4 fully saturated rings. The van der Waals surface area contributed by atoms with E-state index >= 15 is 0 Å². The zero-order chi connectivity index (χ0) is 34.3. The SMILES string of the molecule is CC1(C)CCC(C)(C)c2c(N(c3ccc4c(c3)C3(c5ccccc5S4)C4CC5CC(C4)CC3C5)c3cccc4c3oc3ccccc34)cccc21. The number of hydrogen-bond acceptors (Lipinski definition) is 3. The van der Waals surface area contributed by atoms with E-state index in [4.69, 9.17) is 4.42 Å². The van der Waals surface area contributed by atoms with Crippen LogP contribution in [-0.4, -0.2) is 0 Å². The Morgan fingerprint density at radius 2 is 1.24 bits per heavy atom. The minimum Gasteiger partial charge on any atom is -0.454 e. The van der Waals surface area contributed by atoms with Gasteiger partial charge in [0.1, 0.15) is 5.58 Å². The summed E-state index contributed by atoms with van der Waals surface area (Å²) in [5, 5.41) is 2.36. The van der Waals surface area contributed by atoms with Gasteiger partial charge in [-0.15, -0.1) is 0 Å². The summed E-state index contributed by atoms with van der Waals surface area (Å²) in [6.45, 7) is 9.82. The fourth-order valence-electron chi connectivity index (χ4n) is 12.2. The van der Waals surface area contributed by atoms with Crippen molar-refractivity contribution in [1.29, 1.82) is 0 Å². The Balaban J connectivity index is 1.20. The van der Waals surface area contributed by atoms with Gasteiger partial charge >= 0.3 is 0 Å². The smallest absolute Gasteiger partial charge is 0.159 e. The molecule has 0 saturated heterocycles. The van der Waals surface area contributed by atoms with Crippen LogP contribution in [0.5, 0.6) is 0 Å². The van der Waals surface area contributed by atoms with E-state index < -0.39 is 0 Å². The molecular formula is C48H47NOS. The molecule has 4 saturated carbocycles. The van der Waals surface area contributed by atoms with Gasteiger partial charge in [0.25, 0.3) is 0 Å². The van der Waals surface area contributed by atoms with Crippen LogP contribution in [0.2, 0.25) is 0 Å². The van der Waals surface area contributed by atoms with Crippen molar-refractivity contribution in [3.63, 3.8) is 0 Å². The quantitative estimate of drug-likeness (QED) is 0.184. The fraction of sp³-hybridized carbons (Fsp3) is 0.375. The largest absolute Gasteiger partial charge is 0.454 e. The lowest BCUT2D eigenvalue weighted by molar-refractivity contribution is -0.0443. The van der Waals surface area contributed by atoms with Crippen molar-refractivity contribution in [2.75, 3.05) is 4.90 Å². The summed E-state index contributed by atoms with van der Waals surface area (Å²) < 4.78 is 6.84. The van der Waals surface area contributed by atoms with Crippen molar-refractivity contribution in [2.24, 2.45) is 23.7 Å². The molecule has 0 unspecified atom stereocenters. The Morgan fingerprint density at radius 1 is 0.588 bits per heavy atom. The normalized spacial score (nSPS) is 27.8. The van der Waals surface area contributed by atoms with Gasteiger partial charge in [-0.25, -0.2) is 0 Å². The Kier molecular flexibility index (Phi) is 6.35. The second-order valence-electron chi connectivity index (χ2n) is 18.0. The molecule has 2 heterocycles. The molecule has 1 aliphatic heterocycles. The number of fused-ring (bicyclic) bond motifs is 6.